The Morgan fingerprint density at radius 1 is 1.47 bits per heavy atom. The number of aromatic nitrogens is 1. The third kappa shape index (κ3) is 2.83. The maximum Gasteiger partial charge on any atom is 0.101 e. The minimum atomic E-state index is 0.534. The first-order chi connectivity index (χ1) is 8.20. The molecule has 1 saturated heterocycles. The lowest BCUT2D eigenvalue weighted by Crippen LogP contribution is -2.39. The highest BCUT2D eigenvalue weighted by molar-refractivity contribution is 5.31. The van der Waals surface area contributed by atoms with Gasteiger partial charge in [-0.15, -0.1) is 0 Å². The van der Waals surface area contributed by atoms with E-state index in [1.54, 1.807) is 6.20 Å². The summed E-state index contributed by atoms with van der Waals surface area (Å²) < 4.78 is 0. The first-order valence-corrected chi connectivity index (χ1v) is 6.30. The van der Waals surface area contributed by atoms with Crippen molar-refractivity contribution in [3.8, 4) is 6.07 Å². The van der Waals surface area contributed by atoms with E-state index in [9.17, 15) is 0 Å². The fourth-order valence-corrected chi connectivity index (χ4v) is 2.49. The van der Waals surface area contributed by atoms with Crippen LogP contribution >= 0.6 is 0 Å². The van der Waals surface area contributed by atoms with Crippen molar-refractivity contribution in [3.05, 3.63) is 29.6 Å². The van der Waals surface area contributed by atoms with Gasteiger partial charge in [-0.3, -0.25) is 4.98 Å². The molecule has 0 aliphatic carbocycles. The minimum absolute atomic E-state index is 0.534. The Bertz CT molecular complexity index is 420. The highest BCUT2D eigenvalue weighted by Gasteiger charge is 2.23. The van der Waals surface area contributed by atoms with Crippen LogP contribution in [-0.4, -0.2) is 29.0 Å². The van der Waals surface area contributed by atoms with E-state index in [0.717, 1.165) is 6.54 Å². The van der Waals surface area contributed by atoms with Gasteiger partial charge in [-0.25, -0.2) is 0 Å². The largest absolute Gasteiger partial charge is 0.300 e. The SMILES string of the molecule is CC(C)N1CCCC(c2cncc(C#N)c2)C1. The molecule has 0 saturated carbocycles. The molecule has 2 heterocycles. The minimum Gasteiger partial charge on any atom is -0.300 e. The number of nitrogens with zero attached hydrogens (tertiary/aromatic N) is 3. The van der Waals surface area contributed by atoms with Crippen molar-refractivity contribution in [1.29, 1.82) is 5.26 Å². The molecule has 0 N–H and O–H groups in total. The Labute approximate surface area is 103 Å². The van der Waals surface area contributed by atoms with Gasteiger partial charge in [0.1, 0.15) is 6.07 Å². The lowest BCUT2D eigenvalue weighted by molar-refractivity contribution is 0.167. The number of piperidine rings is 1. The van der Waals surface area contributed by atoms with Gasteiger partial charge in [-0.2, -0.15) is 5.26 Å². The number of nitriles is 1. The van der Waals surface area contributed by atoms with Crippen LogP contribution in [-0.2, 0) is 0 Å². The molecule has 1 aromatic rings. The molecule has 0 amide bonds. The summed E-state index contributed by atoms with van der Waals surface area (Å²) >= 11 is 0. The predicted octanol–water partition coefficient (Wildman–Crippen LogP) is 2.54. The van der Waals surface area contributed by atoms with Crippen molar-refractivity contribution in [2.45, 2.75) is 38.6 Å². The molecule has 0 bridgehead atoms. The first-order valence-electron chi connectivity index (χ1n) is 6.30. The molecule has 0 aromatic carbocycles. The van der Waals surface area contributed by atoms with Crippen LogP contribution in [0.25, 0.3) is 0 Å². The number of likely N-dealkylation sites (tertiary alicyclic amines) is 1. The Kier molecular flexibility index (Phi) is 3.75. The molecule has 0 spiro atoms. The zero-order chi connectivity index (χ0) is 12.3. The van der Waals surface area contributed by atoms with E-state index in [4.69, 9.17) is 5.26 Å². The van der Waals surface area contributed by atoms with Gasteiger partial charge in [0.05, 0.1) is 5.56 Å². The van der Waals surface area contributed by atoms with Crippen molar-refractivity contribution in [2.75, 3.05) is 13.1 Å². The fourth-order valence-electron chi connectivity index (χ4n) is 2.49. The summed E-state index contributed by atoms with van der Waals surface area (Å²) in [5.41, 5.74) is 1.89. The average Bonchev–Trinajstić information content (AvgIpc) is 2.39. The molecule has 1 atom stereocenters. The monoisotopic (exact) mass is 229 g/mol. The van der Waals surface area contributed by atoms with E-state index in [0.29, 0.717) is 17.5 Å². The summed E-state index contributed by atoms with van der Waals surface area (Å²) in [4.78, 5) is 6.67. The summed E-state index contributed by atoms with van der Waals surface area (Å²) in [6.45, 7) is 6.77. The van der Waals surface area contributed by atoms with E-state index in [2.05, 4.69) is 29.8 Å². The van der Waals surface area contributed by atoms with Crippen LogP contribution < -0.4 is 0 Å². The highest BCUT2D eigenvalue weighted by atomic mass is 15.2. The zero-order valence-electron chi connectivity index (χ0n) is 10.6. The third-order valence-electron chi connectivity index (χ3n) is 3.54. The summed E-state index contributed by atoms with van der Waals surface area (Å²) in [5, 5.41) is 8.90. The first kappa shape index (κ1) is 12.1. The lowest BCUT2D eigenvalue weighted by Gasteiger charge is -2.35. The van der Waals surface area contributed by atoms with E-state index < -0.39 is 0 Å². The molecule has 1 fully saturated rings. The van der Waals surface area contributed by atoms with Gasteiger partial charge in [-0.05, 0) is 50.8 Å². The van der Waals surface area contributed by atoms with Gasteiger partial charge in [0, 0.05) is 25.0 Å². The van der Waals surface area contributed by atoms with Crippen LogP contribution in [0.1, 0.15) is 43.7 Å². The number of hydrogen-bond donors (Lipinski definition) is 0. The smallest absolute Gasteiger partial charge is 0.101 e. The third-order valence-corrected chi connectivity index (χ3v) is 3.54. The number of rotatable bonds is 2. The van der Waals surface area contributed by atoms with Crippen LogP contribution in [0, 0.1) is 11.3 Å². The Morgan fingerprint density at radius 2 is 2.29 bits per heavy atom. The quantitative estimate of drug-likeness (QED) is 0.782. The average molecular weight is 229 g/mol. The molecular formula is C14H19N3. The molecule has 2 rings (SSSR count). The molecule has 1 unspecified atom stereocenters. The van der Waals surface area contributed by atoms with Crippen LogP contribution in [0.3, 0.4) is 0 Å². The predicted molar refractivity (Wildman–Crippen MR) is 67.6 cm³/mol. The van der Waals surface area contributed by atoms with Crippen LogP contribution in [0.15, 0.2) is 18.5 Å². The molecule has 1 aliphatic rings. The van der Waals surface area contributed by atoms with Gasteiger partial charge in [0.25, 0.3) is 0 Å². The van der Waals surface area contributed by atoms with E-state index in [-0.39, 0.29) is 0 Å². The summed E-state index contributed by atoms with van der Waals surface area (Å²) in [5.74, 6) is 0.534. The summed E-state index contributed by atoms with van der Waals surface area (Å²) in [6.07, 6.45) is 5.99. The Balaban J connectivity index is 2.13. The van der Waals surface area contributed by atoms with E-state index in [1.807, 2.05) is 12.3 Å². The Morgan fingerprint density at radius 3 is 3.00 bits per heavy atom. The van der Waals surface area contributed by atoms with Crippen LogP contribution in [0.4, 0.5) is 0 Å². The molecule has 0 radical (unpaired) electrons. The van der Waals surface area contributed by atoms with Gasteiger partial charge < -0.3 is 4.90 Å². The summed E-state index contributed by atoms with van der Waals surface area (Å²) in [7, 11) is 0. The second kappa shape index (κ2) is 5.29. The lowest BCUT2D eigenvalue weighted by atomic mass is 9.90. The van der Waals surface area contributed by atoms with Crippen LogP contribution in [0.2, 0.25) is 0 Å². The molecular weight excluding hydrogens is 210 g/mol. The number of hydrogen-bond acceptors (Lipinski definition) is 3. The maximum atomic E-state index is 8.90. The van der Waals surface area contributed by atoms with E-state index >= 15 is 0 Å². The van der Waals surface area contributed by atoms with Gasteiger partial charge in [-0.1, -0.05) is 0 Å². The normalized spacial score (nSPS) is 21.4. The van der Waals surface area contributed by atoms with Crippen molar-refractivity contribution in [1.82, 2.24) is 9.88 Å². The zero-order valence-corrected chi connectivity index (χ0v) is 10.6. The fraction of sp³-hybridized carbons (Fsp3) is 0.571. The molecule has 17 heavy (non-hydrogen) atoms. The topological polar surface area (TPSA) is 39.9 Å². The van der Waals surface area contributed by atoms with Gasteiger partial charge >= 0.3 is 0 Å². The maximum absolute atomic E-state index is 8.90. The second-order valence-corrected chi connectivity index (χ2v) is 5.05. The highest BCUT2D eigenvalue weighted by Crippen LogP contribution is 2.27. The standard InChI is InChI=1S/C14H19N3/c1-11(2)17-5-3-4-13(10-17)14-6-12(7-15)8-16-9-14/h6,8-9,11,13H,3-5,10H2,1-2H3. The second-order valence-electron chi connectivity index (χ2n) is 5.05. The number of pyridine rings is 1. The molecule has 90 valence electrons. The molecule has 3 nitrogen and oxygen atoms in total. The summed E-state index contributed by atoms with van der Waals surface area (Å²) in [6, 6.07) is 4.75. The van der Waals surface area contributed by atoms with Crippen LogP contribution in [0.5, 0.6) is 0 Å². The van der Waals surface area contributed by atoms with Gasteiger partial charge in [0.15, 0.2) is 0 Å². The van der Waals surface area contributed by atoms with Crippen molar-refractivity contribution >= 4 is 0 Å². The molecule has 1 aromatic heterocycles. The van der Waals surface area contributed by atoms with Gasteiger partial charge in [0.2, 0.25) is 0 Å². The van der Waals surface area contributed by atoms with Crippen molar-refractivity contribution in [2.24, 2.45) is 0 Å². The van der Waals surface area contributed by atoms with Crippen molar-refractivity contribution < 1.29 is 0 Å². The van der Waals surface area contributed by atoms with E-state index in [1.165, 1.54) is 24.9 Å². The Hall–Kier alpha value is -1.40. The molecule has 3 heteroatoms. The van der Waals surface area contributed by atoms with Crippen molar-refractivity contribution in [3.63, 3.8) is 0 Å². The molecule has 1 aliphatic heterocycles.